The van der Waals surface area contributed by atoms with Crippen LogP contribution in [0.4, 0.5) is 0 Å². The van der Waals surface area contributed by atoms with Crippen LogP contribution in [0.5, 0.6) is 11.5 Å². The Labute approximate surface area is 143 Å². The molecule has 1 N–H and O–H groups in total. The second-order valence-electron chi connectivity index (χ2n) is 5.80. The van der Waals surface area contributed by atoms with E-state index in [4.69, 9.17) is 9.47 Å². The van der Waals surface area contributed by atoms with E-state index in [1.165, 1.54) is 5.56 Å². The first-order valence-corrected chi connectivity index (χ1v) is 7.76. The average Bonchev–Trinajstić information content (AvgIpc) is 2.59. The highest BCUT2D eigenvalue weighted by Crippen LogP contribution is 2.24. The van der Waals surface area contributed by atoms with Crippen molar-refractivity contribution in [1.82, 2.24) is 10.2 Å². The van der Waals surface area contributed by atoms with Crippen molar-refractivity contribution in [2.45, 2.75) is 13.1 Å². The van der Waals surface area contributed by atoms with Gasteiger partial charge in [0.2, 0.25) is 0 Å². The van der Waals surface area contributed by atoms with Crippen molar-refractivity contribution in [3.63, 3.8) is 0 Å². The normalized spacial score (nSPS) is 10.5. The predicted molar refractivity (Wildman–Crippen MR) is 94.5 cm³/mol. The zero-order valence-electron chi connectivity index (χ0n) is 14.6. The summed E-state index contributed by atoms with van der Waals surface area (Å²) in [6.07, 6.45) is 0. The number of rotatable bonds is 7. The fourth-order valence-corrected chi connectivity index (χ4v) is 2.40. The minimum atomic E-state index is -0.107. The Kier molecular flexibility index (Phi) is 6.21. The van der Waals surface area contributed by atoms with Crippen molar-refractivity contribution in [1.29, 1.82) is 0 Å². The number of hydrogen-bond donors (Lipinski definition) is 1. The molecule has 2 aromatic rings. The van der Waals surface area contributed by atoms with Crippen LogP contribution in [0, 0.1) is 0 Å². The van der Waals surface area contributed by atoms with E-state index in [0.29, 0.717) is 17.9 Å². The van der Waals surface area contributed by atoms with Crippen molar-refractivity contribution in [3.8, 4) is 11.5 Å². The highest BCUT2D eigenvalue weighted by molar-refractivity contribution is 5.94. The Morgan fingerprint density at radius 3 is 2.33 bits per heavy atom. The first-order chi connectivity index (χ1) is 11.5. The van der Waals surface area contributed by atoms with Gasteiger partial charge in [0.1, 0.15) is 11.5 Å². The van der Waals surface area contributed by atoms with Crippen molar-refractivity contribution < 1.29 is 14.3 Å². The lowest BCUT2D eigenvalue weighted by Crippen LogP contribution is -2.23. The van der Waals surface area contributed by atoms with Crippen molar-refractivity contribution in [2.24, 2.45) is 0 Å². The third-order valence-electron chi connectivity index (χ3n) is 3.65. The van der Waals surface area contributed by atoms with E-state index in [9.17, 15) is 4.79 Å². The number of ether oxygens (including phenoxy) is 2. The smallest absolute Gasteiger partial charge is 0.251 e. The number of carbonyl (C=O) groups is 1. The molecule has 24 heavy (non-hydrogen) atoms. The number of amides is 1. The number of carbonyl (C=O) groups excluding carboxylic acids is 1. The van der Waals surface area contributed by atoms with E-state index in [-0.39, 0.29) is 5.91 Å². The SMILES string of the molecule is COc1ccc(CNC(=O)c2ccc(CN(C)C)cc2)c(OC)c1. The summed E-state index contributed by atoms with van der Waals surface area (Å²) >= 11 is 0. The number of hydrogen-bond acceptors (Lipinski definition) is 4. The first kappa shape index (κ1) is 17.8. The molecule has 0 fully saturated rings. The van der Waals surface area contributed by atoms with Gasteiger partial charge in [-0.25, -0.2) is 0 Å². The molecule has 0 aliphatic carbocycles. The molecule has 0 heterocycles. The van der Waals surface area contributed by atoms with Gasteiger partial charge in [-0.2, -0.15) is 0 Å². The van der Waals surface area contributed by atoms with Crippen LogP contribution >= 0.6 is 0 Å². The molecule has 0 saturated carbocycles. The molecule has 0 atom stereocenters. The number of nitrogens with zero attached hydrogens (tertiary/aromatic N) is 1. The molecule has 0 bridgehead atoms. The summed E-state index contributed by atoms with van der Waals surface area (Å²) in [7, 11) is 7.24. The van der Waals surface area contributed by atoms with Crippen LogP contribution in [0.25, 0.3) is 0 Å². The maximum absolute atomic E-state index is 12.3. The van der Waals surface area contributed by atoms with Crippen LogP contribution in [0.2, 0.25) is 0 Å². The van der Waals surface area contributed by atoms with Gasteiger partial charge in [0.15, 0.2) is 0 Å². The van der Waals surface area contributed by atoms with Crippen LogP contribution in [0.15, 0.2) is 42.5 Å². The molecule has 0 radical (unpaired) electrons. The second kappa shape index (κ2) is 8.36. The van der Waals surface area contributed by atoms with Gasteiger partial charge in [-0.1, -0.05) is 12.1 Å². The topological polar surface area (TPSA) is 50.8 Å². The highest BCUT2D eigenvalue weighted by atomic mass is 16.5. The standard InChI is InChI=1S/C19H24N2O3/c1-21(2)13-14-5-7-15(8-6-14)19(22)20-12-16-9-10-17(23-3)11-18(16)24-4/h5-11H,12-13H2,1-4H3,(H,20,22). The molecule has 0 unspecified atom stereocenters. The Morgan fingerprint density at radius 2 is 1.75 bits per heavy atom. The average molecular weight is 328 g/mol. The molecular weight excluding hydrogens is 304 g/mol. The van der Waals surface area contributed by atoms with Gasteiger partial charge in [-0.15, -0.1) is 0 Å². The quantitative estimate of drug-likeness (QED) is 0.849. The molecule has 2 aromatic carbocycles. The lowest BCUT2D eigenvalue weighted by Gasteiger charge is -2.12. The molecule has 0 aliphatic rings. The van der Waals surface area contributed by atoms with Gasteiger partial charge in [0, 0.05) is 30.3 Å². The van der Waals surface area contributed by atoms with E-state index in [1.807, 2.05) is 50.5 Å². The zero-order valence-corrected chi connectivity index (χ0v) is 14.6. The van der Waals surface area contributed by atoms with E-state index in [0.717, 1.165) is 17.9 Å². The third kappa shape index (κ3) is 4.73. The molecule has 0 aromatic heterocycles. The van der Waals surface area contributed by atoms with Gasteiger partial charge in [-0.05, 0) is 43.9 Å². The van der Waals surface area contributed by atoms with E-state index in [1.54, 1.807) is 20.3 Å². The Balaban J connectivity index is 2.00. The lowest BCUT2D eigenvalue weighted by atomic mass is 10.1. The summed E-state index contributed by atoms with van der Waals surface area (Å²) in [5, 5.41) is 2.92. The highest BCUT2D eigenvalue weighted by Gasteiger charge is 2.09. The number of methoxy groups -OCH3 is 2. The fourth-order valence-electron chi connectivity index (χ4n) is 2.40. The minimum Gasteiger partial charge on any atom is -0.497 e. The molecule has 1 amide bonds. The van der Waals surface area contributed by atoms with Crippen LogP contribution < -0.4 is 14.8 Å². The van der Waals surface area contributed by atoms with E-state index >= 15 is 0 Å². The fraction of sp³-hybridized carbons (Fsp3) is 0.316. The number of nitrogens with one attached hydrogen (secondary N) is 1. The second-order valence-corrected chi connectivity index (χ2v) is 5.80. The zero-order chi connectivity index (χ0) is 17.5. The van der Waals surface area contributed by atoms with Crippen molar-refractivity contribution >= 4 is 5.91 Å². The summed E-state index contributed by atoms with van der Waals surface area (Å²) < 4.78 is 10.5. The maximum Gasteiger partial charge on any atom is 0.251 e. The third-order valence-corrected chi connectivity index (χ3v) is 3.65. The number of benzene rings is 2. The van der Waals surface area contributed by atoms with Crippen molar-refractivity contribution in [2.75, 3.05) is 28.3 Å². The monoisotopic (exact) mass is 328 g/mol. The Bertz CT molecular complexity index is 682. The molecule has 2 rings (SSSR count). The van der Waals surface area contributed by atoms with Gasteiger partial charge >= 0.3 is 0 Å². The largest absolute Gasteiger partial charge is 0.497 e. The van der Waals surface area contributed by atoms with Crippen LogP contribution in [0.1, 0.15) is 21.5 Å². The van der Waals surface area contributed by atoms with Gasteiger partial charge in [0.25, 0.3) is 5.91 Å². The van der Waals surface area contributed by atoms with Crippen LogP contribution in [-0.4, -0.2) is 39.1 Å². The molecule has 128 valence electrons. The molecule has 0 aliphatic heterocycles. The van der Waals surface area contributed by atoms with Crippen LogP contribution in [-0.2, 0) is 13.1 Å². The minimum absolute atomic E-state index is 0.107. The molecule has 5 heteroatoms. The van der Waals surface area contributed by atoms with Gasteiger partial charge in [0.05, 0.1) is 14.2 Å². The Morgan fingerprint density at radius 1 is 1.04 bits per heavy atom. The van der Waals surface area contributed by atoms with E-state index in [2.05, 4.69) is 10.2 Å². The first-order valence-electron chi connectivity index (χ1n) is 7.76. The van der Waals surface area contributed by atoms with Crippen LogP contribution in [0.3, 0.4) is 0 Å². The molecule has 5 nitrogen and oxygen atoms in total. The molecular formula is C19H24N2O3. The summed E-state index contributed by atoms with van der Waals surface area (Å²) in [5.74, 6) is 1.30. The summed E-state index contributed by atoms with van der Waals surface area (Å²) in [6, 6.07) is 13.2. The van der Waals surface area contributed by atoms with Gasteiger partial charge in [-0.3, -0.25) is 4.79 Å². The summed E-state index contributed by atoms with van der Waals surface area (Å²) in [5.41, 5.74) is 2.72. The molecule has 0 spiro atoms. The summed E-state index contributed by atoms with van der Waals surface area (Å²) in [4.78, 5) is 14.4. The molecule has 0 saturated heterocycles. The van der Waals surface area contributed by atoms with Gasteiger partial charge < -0.3 is 19.7 Å². The predicted octanol–water partition coefficient (Wildman–Crippen LogP) is 2.70. The maximum atomic E-state index is 12.3. The van der Waals surface area contributed by atoms with Crippen molar-refractivity contribution in [3.05, 3.63) is 59.2 Å². The van der Waals surface area contributed by atoms with E-state index < -0.39 is 0 Å². The lowest BCUT2D eigenvalue weighted by molar-refractivity contribution is 0.0950. The summed E-state index contributed by atoms with van der Waals surface area (Å²) in [6.45, 7) is 1.25. The Hall–Kier alpha value is -2.53.